The van der Waals surface area contributed by atoms with E-state index in [1.165, 1.54) is 9.32 Å². The van der Waals surface area contributed by atoms with E-state index in [0.717, 1.165) is 35.1 Å². The van der Waals surface area contributed by atoms with E-state index >= 15 is 8.78 Å². The summed E-state index contributed by atoms with van der Waals surface area (Å²) in [4.78, 5) is 13.5. The number of aliphatic hydroxyl groups excluding tert-OH is 1. The zero-order valence-corrected chi connectivity index (χ0v) is 33.2. The topological polar surface area (TPSA) is 157 Å². The second-order valence-electron chi connectivity index (χ2n) is 13.9. The summed E-state index contributed by atoms with van der Waals surface area (Å²) < 4.78 is 166. The van der Waals surface area contributed by atoms with Gasteiger partial charge in [-0.25, -0.2) is 34.8 Å². The number of aryl methyl sites for hydroxylation is 2. The molecule has 2 saturated heterocycles. The van der Waals surface area contributed by atoms with Crippen molar-refractivity contribution in [2.75, 3.05) is 33.3 Å². The maximum Gasteiger partial charge on any atom is 0.435 e. The number of rotatable bonds is 6. The first-order chi connectivity index (χ1) is 24.3. The van der Waals surface area contributed by atoms with Crippen LogP contribution in [0.3, 0.4) is 0 Å². The first-order valence-electron chi connectivity index (χ1n) is 16.3. The molecule has 0 bridgehead atoms. The minimum atomic E-state index is -4.85. The van der Waals surface area contributed by atoms with Crippen molar-refractivity contribution in [3.05, 3.63) is 23.5 Å². The van der Waals surface area contributed by atoms with Crippen LogP contribution in [-0.2, 0) is 50.9 Å². The number of halogens is 9. The number of hydrogen-bond acceptors (Lipinski definition) is 10. The smallest absolute Gasteiger partial charge is 0.435 e. The summed E-state index contributed by atoms with van der Waals surface area (Å²) in [7, 11) is -6.37. The van der Waals surface area contributed by atoms with Gasteiger partial charge in [0.15, 0.2) is 21.4 Å². The molecular formula is C30H45ClF8N6O7S2. The molecule has 24 heteroatoms. The fourth-order valence-electron chi connectivity index (χ4n) is 5.80. The zero-order valence-electron chi connectivity index (χ0n) is 30.8. The molecule has 4 rings (SSSR count). The van der Waals surface area contributed by atoms with Crippen LogP contribution in [0.1, 0.15) is 71.7 Å². The van der Waals surface area contributed by atoms with Gasteiger partial charge in [-0.15, -0.1) is 0 Å². The lowest BCUT2D eigenvalue weighted by molar-refractivity contribution is -0.142. The molecule has 2 fully saturated rings. The van der Waals surface area contributed by atoms with Crippen molar-refractivity contribution >= 4 is 37.5 Å². The molecule has 2 atom stereocenters. The Hall–Kier alpha value is -2.76. The fourth-order valence-corrected chi connectivity index (χ4v) is 9.47. The third-order valence-electron chi connectivity index (χ3n) is 8.90. The van der Waals surface area contributed by atoms with Crippen LogP contribution in [0.4, 0.5) is 39.9 Å². The maximum atomic E-state index is 15.5. The van der Waals surface area contributed by atoms with Crippen LogP contribution >= 0.6 is 11.8 Å². The highest BCUT2D eigenvalue weighted by molar-refractivity contribution is 7.92. The van der Waals surface area contributed by atoms with Crippen LogP contribution in [0.15, 0.2) is 22.2 Å². The molecule has 2 aliphatic heterocycles. The number of hydrogen-bond donors (Lipinski definition) is 1. The SMILES string of the molecule is CO.Cn1nc(C(F)(F)F)cc1S(=O)(=O)[C@@](C)(F)C1CCN(C(=O)OC(C)(C)C)CC1.Cn1nc(C(F)(F)F)cc1S(=O)(=O)[C@@](C)(F)C1CCN(Cl)CC1. The second-order valence-corrected chi connectivity index (χ2v) is 18.8. The van der Waals surface area contributed by atoms with Crippen LogP contribution in [0.5, 0.6) is 0 Å². The number of carbonyl (C=O) groups excluding carboxylic acids is 1. The van der Waals surface area contributed by atoms with Crippen LogP contribution in [0, 0.1) is 11.8 Å². The van der Waals surface area contributed by atoms with Crippen molar-refractivity contribution < 1.29 is 66.6 Å². The normalized spacial score (nSPS) is 19.5. The molecule has 0 spiro atoms. The van der Waals surface area contributed by atoms with Gasteiger partial charge in [0.1, 0.15) is 5.60 Å². The monoisotopic (exact) mass is 852 g/mol. The van der Waals surface area contributed by atoms with Gasteiger partial charge in [0.25, 0.3) is 0 Å². The Kier molecular flexibility index (Phi) is 14.7. The molecule has 1 amide bonds. The fraction of sp³-hybridized carbons (Fsp3) is 0.767. The van der Waals surface area contributed by atoms with E-state index in [1.54, 1.807) is 20.8 Å². The first-order valence-corrected chi connectivity index (χ1v) is 19.6. The highest BCUT2D eigenvalue weighted by Crippen LogP contribution is 2.42. The number of sulfone groups is 2. The molecule has 2 aromatic rings. The molecule has 0 unspecified atom stereocenters. The zero-order chi connectivity index (χ0) is 42.0. The lowest BCUT2D eigenvalue weighted by atomic mass is 9.92. The average molecular weight is 853 g/mol. The van der Waals surface area contributed by atoms with E-state index in [9.17, 15) is 48.0 Å². The Morgan fingerprint density at radius 2 is 1.02 bits per heavy atom. The van der Waals surface area contributed by atoms with Crippen LogP contribution < -0.4 is 0 Å². The quantitative estimate of drug-likeness (QED) is 0.274. The summed E-state index contributed by atoms with van der Waals surface area (Å²) >= 11 is 5.76. The second kappa shape index (κ2) is 16.8. The standard InChI is InChI=1S/C17H25F4N3O4S.C12H16ClF4N3O2S.CH4O/c1-15(2,3)28-14(25)24-8-6-11(7-9-24)16(4,18)29(26,27)13-10-12(17(19,20)21)22-23(13)5;1-11(14,8-3-5-20(13)6-4-8)23(21,22)10-7-9(12(15,16)17)18-19(10)2;1-2/h10-11H,6-9H2,1-5H3;7-8H,3-6H2,1-2H3;2H,1H3/t16-;11-;/m11./s1. The molecule has 54 heavy (non-hydrogen) atoms. The molecule has 0 radical (unpaired) electrons. The van der Waals surface area contributed by atoms with Crippen molar-refractivity contribution in [1.29, 1.82) is 0 Å². The molecule has 0 saturated carbocycles. The molecule has 312 valence electrons. The van der Waals surface area contributed by atoms with Gasteiger partial charge >= 0.3 is 18.4 Å². The number of alkyl halides is 8. The van der Waals surface area contributed by atoms with Crippen molar-refractivity contribution in [3.8, 4) is 0 Å². The molecular weight excluding hydrogens is 808 g/mol. The summed E-state index contributed by atoms with van der Waals surface area (Å²) in [6, 6.07) is 0.701. The number of amides is 1. The van der Waals surface area contributed by atoms with Crippen LogP contribution in [0.25, 0.3) is 0 Å². The predicted molar refractivity (Wildman–Crippen MR) is 179 cm³/mol. The van der Waals surface area contributed by atoms with E-state index in [2.05, 4.69) is 10.2 Å². The van der Waals surface area contributed by atoms with Gasteiger partial charge in [-0.2, -0.15) is 36.5 Å². The van der Waals surface area contributed by atoms with E-state index in [-0.39, 0.29) is 38.8 Å². The van der Waals surface area contributed by atoms with Crippen molar-refractivity contribution in [1.82, 2.24) is 28.9 Å². The number of aliphatic hydroxyl groups is 1. The minimum Gasteiger partial charge on any atom is -0.444 e. The van der Waals surface area contributed by atoms with Gasteiger partial charge in [0.05, 0.1) is 0 Å². The molecule has 13 nitrogen and oxygen atoms in total. The Bertz CT molecular complexity index is 1810. The number of ether oxygens (including phenoxy) is 1. The van der Waals surface area contributed by atoms with Crippen molar-refractivity contribution in [2.24, 2.45) is 25.9 Å². The van der Waals surface area contributed by atoms with Gasteiger partial charge < -0.3 is 14.7 Å². The third-order valence-corrected chi connectivity index (χ3v) is 13.9. The predicted octanol–water partition coefficient (Wildman–Crippen LogP) is 5.92. The molecule has 2 aromatic heterocycles. The molecule has 2 aliphatic rings. The van der Waals surface area contributed by atoms with Crippen LogP contribution in [0.2, 0.25) is 0 Å². The van der Waals surface area contributed by atoms with Gasteiger partial charge in [-0.1, -0.05) is 0 Å². The van der Waals surface area contributed by atoms with E-state index in [0.29, 0.717) is 34.6 Å². The van der Waals surface area contributed by atoms with Gasteiger partial charge in [-0.05, 0) is 72.1 Å². The van der Waals surface area contributed by atoms with E-state index in [4.69, 9.17) is 21.6 Å². The molecule has 0 aliphatic carbocycles. The molecule has 4 heterocycles. The number of nitrogens with zero attached hydrogens (tertiary/aromatic N) is 6. The maximum absolute atomic E-state index is 15.5. The highest BCUT2D eigenvalue weighted by Gasteiger charge is 2.52. The van der Waals surface area contributed by atoms with Crippen LogP contribution in [-0.4, -0.2) is 106 Å². The Morgan fingerprint density at radius 1 is 0.704 bits per heavy atom. The molecule has 0 aromatic carbocycles. The van der Waals surface area contributed by atoms with Gasteiger partial charge in [0, 0.05) is 71.4 Å². The highest BCUT2D eigenvalue weighted by atomic mass is 35.5. The average Bonchev–Trinajstić information content (AvgIpc) is 3.65. The van der Waals surface area contributed by atoms with Gasteiger partial charge in [0.2, 0.25) is 29.7 Å². The summed E-state index contributed by atoms with van der Waals surface area (Å²) in [5, 5.41) is 6.12. The van der Waals surface area contributed by atoms with Crippen molar-refractivity contribution in [3.63, 3.8) is 0 Å². The van der Waals surface area contributed by atoms with E-state index < -0.39 is 87.0 Å². The lowest BCUT2D eigenvalue weighted by Gasteiger charge is -2.37. The lowest BCUT2D eigenvalue weighted by Crippen LogP contribution is -2.48. The number of likely N-dealkylation sites (tertiary alicyclic amines) is 1. The summed E-state index contributed by atoms with van der Waals surface area (Å²) in [6.07, 6.45) is -9.80. The third kappa shape index (κ3) is 10.5. The van der Waals surface area contributed by atoms with E-state index in [1.807, 2.05) is 0 Å². The Morgan fingerprint density at radius 3 is 1.30 bits per heavy atom. The summed E-state index contributed by atoms with van der Waals surface area (Å²) in [5.41, 5.74) is -3.49. The first kappa shape index (κ1) is 47.4. The summed E-state index contributed by atoms with van der Waals surface area (Å²) in [5.74, 6) is -1.86. The van der Waals surface area contributed by atoms with Crippen molar-refractivity contribution in [2.45, 2.75) is 98.3 Å². The Balaban J connectivity index is 0.000000365. The Labute approximate surface area is 313 Å². The number of piperidine rings is 2. The molecule has 1 N–H and O–H groups in total. The minimum absolute atomic E-state index is 0.0233. The van der Waals surface area contributed by atoms with Gasteiger partial charge in [-0.3, -0.25) is 9.36 Å². The summed E-state index contributed by atoms with van der Waals surface area (Å²) in [6.45, 7) is 7.60. The number of aromatic nitrogens is 4. The largest absolute Gasteiger partial charge is 0.444 e. The number of carbonyl (C=O) groups is 1.